The van der Waals surface area contributed by atoms with Crippen LogP contribution in [-0.2, 0) is 17.4 Å². The number of ether oxygens (including phenoxy) is 1. The van der Waals surface area contributed by atoms with Gasteiger partial charge in [-0.15, -0.1) is 0 Å². The molecule has 3 heterocycles. The van der Waals surface area contributed by atoms with Crippen LogP contribution in [0.1, 0.15) is 77.0 Å². The van der Waals surface area contributed by atoms with Crippen molar-refractivity contribution in [1.29, 1.82) is 0 Å². The fraction of sp³-hybridized carbons (Fsp3) is 0.213. The van der Waals surface area contributed by atoms with Gasteiger partial charge >= 0.3 is 0 Å². The lowest BCUT2D eigenvalue weighted by Gasteiger charge is -2.50. The molecule has 0 saturated heterocycles. The summed E-state index contributed by atoms with van der Waals surface area (Å²) >= 11 is 0. The molecule has 0 N–H and O–H groups in total. The predicted octanol–water partition coefficient (Wildman–Crippen LogP) is 12.8. The Bertz CT molecular complexity index is 3200. The van der Waals surface area contributed by atoms with Crippen molar-refractivity contribution in [3.05, 3.63) is 205 Å². The molecule has 2 aliphatic heterocycles. The number of hydrogen-bond donors (Lipinski definition) is 0. The Morgan fingerprint density at radius 3 is 1.85 bits per heavy atom. The summed E-state index contributed by atoms with van der Waals surface area (Å²) in [6.07, 6.45) is 4.89. The third-order valence-corrected chi connectivity index (χ3v) is 20.7. The van der Waals surface area contributed by atoms with E-state index in [-0.39, 0.29) is 16.4 Å². The number of nitrogens with zero attached hydrogens (tertiary/aromatic N) is 2. The van der Waals surface area contributed by atoms with Gasteiger partial charge in [0, 0.05) is 44.9 Å². The summed E-state index contributed by atoms with van der Waals surface area (Å²) in [5.41, 5.74) is 12.7. The van der Waals surface area contributed by atoms with Crippen molar-refractivity contribution in [3.63, 3.8) is 0 Å². The van der Waals surface area contributed by atoms with Crippen LogP contribution in [0, 0.1) is 0 Å². The van der Waals surface area contributed by atoms with E-state index >= 15 is 0 Å². The van der Waals surface area contributed by atoms with Gasteiger partial charge in [-0.05, 0) is 111 Å². The van der Waals surface area contributed by atoms with Crippen LogP contribution in [0.15, 0.2) is 188 Å². The van der Waals surface area contributed by atoms with Gasteiger partial charge in [0.15, 0.2) is 8.07 Å². The Balaban J connectivity index is 1.13. The first-order valence-corrected chi connectivity index (χ1v) is 25.7. The molecule has 1 fully saturated rings. The number of aromatic nitrogens is 1. The third kappa shape index (κ3) is 5.85. The van der Waals surface area contributed by atoms with E-state index in [1.165, 1.54) is 102 Å². The van der Waals surface area contributed by atoms with Gasteiger partial charge in [-0.25, -0.2) is 0 Å². The van der Waals surface area contributed by atoms with Gasteiger partial charge in [-0.1, -0.05) is 180 Å². The summed E-state index contributed by atoms with van der Waals surface area (Å²) < 4.78 is 9.26. The Labute approximate surface area is 385 Å². The van der Waals surface area contributed by atoms with E-state index in [0.717, 1.165) is 17.0 Å². The highest BCUT2D eigenvalue weighted by Crippen LogP contribution is 2.61. The molecule has 0 radical (unpaired) electrons. The Morgan fingerprint density at radius 2 is 1.15 bits per heavy atom. The lowest BCUT2D eigenvalue weighted by atomic mass is 9.61. The quantitative estimate of drug-likeness (QED) is 0.122. The minimum atomic E-state index is -2.80. The molecule has 9 aromatic rings. The summed E-state index contributed by atoms with van der Waals surface area (Å²) in [6, 6.07) is 71.6. The van der Waals surface area contributed by atoms with Gasteiger partial charge in [0.25, 0.3) is 0 Å². The number of benzene rings is 8. The van der Waals surface area contributed by atoms with Crippen LogP contribution in [-0.4, -0.2) is 18.2 Å². The molecule has 3 nitrogen and oxygen atoms in total. The van der Waals surface area contributed by atoms with Crippen LogP contribution in [0.3, 0.4) is 0 Å². The first-order chi connectivity index (χ1) is 31.6. The third-order valence-electron chi connectivity index (χ3n) is 15.9. The van der Waals surface area contributed by atoms with Gasteiger partial charge in [-0.3, -0.25) is 0 Å². The van der Waals surface area contributed by atoms with Gasteiger partial charge < -0.3 is 14.2 Å². The van der Waals surface area contributed by atoms with E-state index in [9.17, 15) is 0 Å². The first kappa shape index (κ1) is 39.9. The summed E-state index contributed by atoms with van der Waals surface area (Å²) in [7, 11) is -2.80. The van der Waals surface area contributed by atoms with Crippen LogP contribution in [0.4, 0.5) is 11.4 Å². The summed E-state index contributed by atoms with van der Waals surface area (Å²) in [6.45, 7) is 12.5. The Morgan fingerprint density at radius 1 is 0.523 bits per heavy atom. The Hall–Kier alpha value is -6.62. The van der Waals surface area contributed by atoms with Crippen molar-refractivity contribution in [2.45, 2.75) is 83.3 Å². The van der Waals surface area contributed by atoms with E-state index < -0.39 is 8.07 Å². The topological polar surface area (TPSA) is 17.4 Å². The zero-order chi connectivity index (χ0) is 44.1. The molecule has 3 aliphatic rings. The molecule has 1 aromatic heterocycles. The van der Waals surface area contributed by atoms with Crippen molar-refractivity contribution in [2.24, 2.45) is 0 Å². The molecule has 320 valence electrons. The number of hydrogen-bond acceptors (Lipinski definition) is 2. The first-order valence-electron chi connectivity index (χ1n) is 23.7. The van der Waals surface area contributed by atoms with E-state index in [4.69, 9.17) is 4.74 Å². The Kier molecular flexibility index (Phi) is 9.03. The maximum Gasteiger partial charge on any atom is 0.179 e. The fourth-order valence-electron chi connectivity index (χ4n) is 12.4. The molecule has 2 unspecified atom stereocenters. The maximum atomic E-state index is 6.73. The highest BCUT2D eigenvalue weighted by atomic mass is 28.3. The molecule has 8 aromatic carbocycles. The average molecular weight is 861 g/mol. The zero-order valence-electron chi connectivity index (χ0n) is 38.2. The van der Waals surface area contributed by atoms with E-state index in [1.807, 2.05) is 0 Å². The predicted molar refractivity (Wildman–Crippen MR) is 276 cm³/mol. The minimum Gasteiger partial charge on any atom is -0.488 e. The summed E-state index contributed by atoms with van der Waals surface area (Å²) in [4.78, 5) is 2.72. The second-order valence-corrected chi connectivity index (χ2v) is 24.2. The van der Waals surface area contributed by atoms with Crippen molar-refractivity contribution >= 4 is 62.0 Å². The lowest BCUT2D eigenvalue weighted by molar-refractivity contribution is 0.195. The largest absolute Gasteiger partial charge is 0.488 e. The van der Waals surface area contributed by atoms with Crippen LogP contribution in [0.2, 0.25) is 0 Å². The molecule has 1 aliphatic carbocycles. The molecule has 0 bridgehead atoms. The second-order valence-electron chi connectivity index (χ2n) is 20.4. The highest BCUT2D eigenvalue weighted by molar-refractivity contribution is 7.19. The monoisotopic (exact) mass is 860 g/mol. The number of fused-ring (bicyclic) bond motifs is 9. The summed E-state index contributed by atoms with van der Waals surface area (Å²) in [5, 5.41) is 7.95. The van der Waals surface area contributed by atoms with Crippen molar-refractivity contribution < 1.29 is 4.74 Å². The van der Waals surface area contributed by atoms with Crippen LogP contribution < -0.4 is 30.4 Å². The van der Waals surface area contributed by atoms with Gasteiger partial charge in [-0.2, -0.15) is 0 Å². The van der Waals surface area contributed by atoms with Crippen molar-refractivity contribution in [3.8, 4) is 22.6 Å². The zero-order valence-corrected chi connectivity index (χ0v) is 39.2. The van der Waals surface area contributed by atoms with Gasteiger partial charge in [0.05, 0.1) is 16.6 Å². The van der Waals surface area contributed by atoms with E-state index in [1.54, 1.807) is 0 Å². The van der Waals surface area contributed by atoms with Gasteiger partial charge in [0.1, 0.15) is 12.4 Å². The smallest absolute Gasteiger partial charge is 0.179 e. The molecule has 0 spiro atoms. The molecule has 0 amide bonds. The number of para-hydroxylation sites is 1. The molecule has 65 heavy (non-hydrogen) atoms. The molecular weight excluding hydrogens is 805 g/mol. The maximum absolute atomic E-state index is 6.73. The molecule has 1 saturated carbocycles. The van der Waals surface area contributed by atoms with Crippen LogP contribution in [0.25, 0.3) is 38.6 Å². The van der Waals surface area contributed by atoms with E-state index in [0.29, 0.717) is 6.61 Å². The number of anilines is 2. The summed E-state index contributed by atoms with van der Waals surface area (Å²) in [5.74, 6) is 0.942. The molecule has 2 atom stereocenters. The van der Waals surface area contributed by atoms with Gasteiger partial charge in [0.2, 0.25) is 0 Å². The van der Waals surface area contributed by atoms with Crippen LogP contribution >= 0.6 is 0 Å². The SMILES string of the molecule is CC(C)(C)c1ccc2c(c1)-c1cc3c4cc(N5c6ccccc6C6(C)CCCCC56C)ccc4n(-c4cccc([Si](c5ccccc5)(c5ccccc5)c5ccccc5)c4)c3cc1OC2. The van der Waals surface area contributed by atoms with Crippen molar-refractivity contribution in [2.75, 3.05) is 4.90 Å². The normalized spacial score (nSPS) is 19.1. The van der Waals surface area contributed by atoms with Crippen LogP contribution in [0.5, 0.6) is 5.75 Å². The van der Waals surface area contributed by atoms with E-state index in [2.05, 4.69) is 232 Å². The standard InChI is InChI=1S/C61H56N2OSi/c1-59(2,3)43-31-30-42-41-64-58-40-57-52(39-53(58)50(42)36-43)51-38-45(63-56-29-16-15-28-54(56)60(4)34-17-18-35-61(60,63)5)32-33-55(51)62(57)44-20-19-27-49(37-44)65(46-21-9-6-10-22-46,47-23-11-7-12-24-47)48-25-13-8-14-26-48/h6-16,19-33,36-40H,17-18,34-35,41H2,1-5H3. The minimum absolute atomic E-state index is 0.0288. The molecule has 12 rings (SSSR count). The van der Waals surface area contributed by atoms with Crippen molar-refractivity contribution in [1.82, 2.24) is 4.57 Å². The molecular formula is C61H56N2OSi. The highest BCUT2D eigenvalue weighted by Gasteiger charge is 2.57. The number of rotatable bonds is 6. The fourth-order valence-corrected chi connectivity index (χ4v) is 17.2. The lowest BCUT2D eigenvalue weighted by Crippen LogP contribution is -2.74. The second kappa shape index (κ2) is 14.7. The average Bonchev–Trinajstić information content (AvgIpc) is 3.76. The molecule has 4 heteroatoms.